The maximum Gasteiger partial charge on any atom is 0.264 e. The summed E-state index contributed by atoms with van der Waals surface area (Å²) in [6.45, 7) is 5.15. The number of aryl methyl sites for hydroxylation is 1. The lowest BCUT2D eigenvalue weighted by Gasteiger charge is -2.26. The van der Waals surface area contributed by atoms with E-state index in [1.165, 1.54) is 12.1 Å². The number of carbonyl (C=O) groups is 2. The molecule has 0 saturated carbocycles. The summed E-state index contributed by atoms with van der Waals surface area (Å²) in [6, 6.07) is 21.0. The van der Waals surface area contributed by atoms with Crippen molar-refractivity contribution in [2.24, 2.45) is 0 Å². The van der Waals surface area contributed by atoms with Crippen LogP contribution in [-0.2, 0) is 32.7 Å². The van der Waals surface area contributed by atoms with E-state index < -0.39 is 22.5 Å². The van der Waals surface area contributed by atoms with Gasteiger partial charge in [0.25, 0.3) is 10.0 Å². The van der Waals surface area contributed by atoms with E-state index in [0.29, 0.717) is 31.0 Å². The fourth-order valence-electron chi connectivity index (χ4n) is 4.39. The van der Waals surface area contributed by atoms with E-state index in [2.05, 4.69) is 5.32 Å². The molecule has 0 aromatic heterocycles. The van der Waals surface area contributed by atoms with Crippen LogP contribution in [0.25, 0.3) is 0 Å². The standard InChI is InChI=1S/C29H33N3O5S/c1-3-37-27-11-5-4-10-26(27)32(38(35,36)25-15-13-22(2)14-16-25)21-28(33)30-19-23-8-6-9-24(18-23)20-31-17-7-12-29(31)34/h4-6,8-11,13-16,18H,3,7,12,17,19-21H2,1-2H3,(H,30,33). The molecule has 0 aliphatic carbocycles. The first kappa shape index (κ1) is 27.2. The second-order valence-electron chi connectivity index (χ2n) is 9.24. The molecule has 0 unspecified atom stereocenters. The number of rotatable bonds is 11. The van der Waals surface area contributed by atoms with Crippen LogP contribution in [-0.4, -0.2) is 44.8 Å². The molecule has 4 rings (SSSR count). The zero-order chi connectivity index (χ0) is 27.1. The normalized spacial score (nSPS) is 13.4. The summed E-state index contributed by atoms with van der Waals surface area (Å²) in [5.74, 6) is 0.0840. The van der Waals surface area contributed by atoms with Crippen molar-refractivity contribution in [2.75, 3.05) is 24.0 Å². The van der Waals surface area contributed by atoms with Gasteiger partial charge in [-0.25, -0.2) is 8.42 Å². The van der Waals surface area contributed by atoms with Crippen LogP contribution in [0.3, 0.4) is 0 Å². The first-order valence-corrected chi connectivity index (χ1v) is 14.2. The number of carbonyl (C=O) groups excluding carboxylic acids is 2. The molecule has 2 amide bonds. The van der Waals surface area contributed by atoms with Gasteiger partial charge in [-0.2, -0.15) is 0 Å². The summed E-state index contributed by atoms with van der Waals surface area (Å²) < 4.78 is 34.2. The monoisotopic (exact) mass is 535 g/mol. The number of nitrogens with one attached hydrogen (secondary N) is 1. The van der Waals surface area contributed by atoms with Gasteiger partial charge in [-0.3, -0.25) is 13.9 Å². The van der Waals surface area contributed by atoms with E-state index in [9.17, 15) is 18.0 Å². The van der Waals surface area contributed by atoms with Gasteiger partial charge < -0.3 is 15.0 Å². The number of anilines is 1. The summed E-state index contributed by atoms with van der Waals surface area (Å²) in [6.07, 6.45) is 1.47. The molecule has 0 spiro atoms. The van der Waals surface area contributed by atoms with Crippen molar-refractivity contribution in [1.29, 1.82) is 0 Å². The Kier molecular flexibility index (Phi) is 8.68. The van der Waals surface area contributed by atoms with Gasteiger partial charge in [0.15, 0.2) is 0 Å². The van der Waals surface area contributed by atoms with E-state index in [-0.39, 0.29) is 17.3 Å². The molecular formula is C29H33N3O5S. The summed E-state index contributed by atoms with van der Waals surface area (Å²) in [5, 5.41) is 2.85. The molecule has 1 heterocycles. The number of amides is 2. The Morgan fingerprint density at radius 2 is 1.76 bits per heavy atom. The van der Waals surface area contributed by atoms with Crippen molar-refractivity contribution >= 4 is 27.5 Å². The van der Waals surface area contributed by atoms with Crippen LogP contribution in [0, 0.1) is 6.92 Å². The largest absolute Gasteiger partial charge is 0.492 e. The van der Waals surface area contributed by atoms with Crippen molar-refractivity contribution in [2.45, 2.75) is 44.7 Å². The van der Waals surface area contributed by atoms with Gasteiger partial charge >= 0.3 is 0 Å². The quantitative estimate of drug-likeness (QED) is 0.400. The van der Waals surface area contributed by atoms with Gasteiger partial charge in [-0.15, -0.1) is 0 Å². The molecule has 38 heavy (non-hydrogen) atoms. The number of hydrogen-bond donors (Lipinski definition) is 1. The minimum Gasteiger partial charge on any atom is -0.492 e. The van der Waals surface area contributed by atoms with E-state index in [1.807, 2.05) is 43.0 Å². The highest BCUT2D eigenvalue weighted by atomic mass is 32.2. The van der Waals surface area contributed by atoms with Gasteiger partial charge in [-0.1, -0.05) is 54.1 Å². The lowest BCUT2D eigenvalue weighted by atomic mass is 10.1. The topological polar surface area (TPSA) is 96.0 Å². The molecule has 1 N–H and O–H groups in total. The molecule has 8 nitrogen and oxygen atoms in total. The second-order valence-corrected chi connectivity index (χ2v) is 11.1. The Balaban J connectivity index is 1.52. The highest BCUT2D eigenvalue weighted by Crippen LogP contribution is 2.32. The number of nitrogens with zero attached hydrogens (tertiary/aromatic N) is 2. The summed E-state index contributed by atoms with van der Waals surface area (Å²) in [4.78, 5) is 27.0. The maximum absolute atomic E-state index is 13.7. The third-order valence-electron chi connectivity index (χ3n) is 6.36. The van der Waals surface area contributed by atoms with Gasteiger partial charge in [0.05, 0.1) is 17.2 Å². The minimum atomic E-state index is -4.06. The summed E-state index contributed by atoms with van der Waals surface area (Å²) in [5.41, 5.74) is 3.08. The fourth-order valence-corrected chi connectivity index (χ4v) is 5.83. The fraction of sp³-hybridized carbons (Fsp3) is 0.310. The van der Waals surface area contributed by atoms with Crippen molar-refractivity contribution in [3.8, 4) is 5.75 Å². The molecule has 1 saturated heterocycles. The van der Waals surface area contributed by atoms with E-state index in [0.717, 1.165) is 34.0 Å². The smallest absolute Gasteiger partial charge is 0.264 e. The highest BCUT2D eigenvalue weighted by Gasteiger charge is 2.29. The average molecular weight is 536 g/mol. The van der Waals surface area contributed by atoms with Gasteiger partial charge in [-0.05, 0) is 55.7 Å². The third kappa shape index (κ3) is 6.52. The maximum atomic E-state index is 13.7. The van der Waals surface area contributed by atoms with Crippen LogP contribution in [0.2, 0.25) is 0 Å². The Labute approximate surface area is 224 Å². The van der Waals surface area contributed by atoms with Crippen molar-refractivity contribution in [3.05, 3.63) is 89.5 Å². The molecule has 0 atom stereocenters. The van der Waals surface area contributed by atoms with Gasteiger partial charge in [0.1, 0.15) is 12.3 Å². The van der Waals surface area contributed by atoms with Gasteiger partial charge in [0.2, 0.25) is 11.8 Å². The molecule has 3 aromatic rings. The number of benzene rings is 3. The number of hydrogen-bond acceptors (Lipinski definition) is 5. The van der Waals surface area contributed by atoms with Crippen LogP contribution in [0.1, 0.15) is 36.5 Å². The first-order valence-electron chi connectivity index (χ1n) is 12.7. The Hall–Kier alpha value is -3.85. The van der Waals surface area contributed by atoms with Crippen LogP contribution in [0.5, 0.6) is 5.75 Å². The molecule has 3 aromatic carbocycles. The molecule has 0 bridgehead atoms. The molecule has 0 radical (unpaired) electrons. The first-order chi connectivity index (χ1) is 18.3. The Bertz CT molecular complexity index is 1390. The lowest BCUT2D eigenvalue weighted by molar-refractivity contribution is -0.128. The summed E-state index contributed by atoms with van der Waals surface area (Å²) >= 11 is 0. The number of sulfonamides is 1. The van der Waals surface area contributed by atoms with E-state index >= 15 is 0 Å². The van der Waals surface area contributed by atoms with Crippen molar-refractivity contribution < 1.29 is 22.7 Å². The zero-order valence-corrected chi connectivity index (χ0v) is 22.5. The number of ether oxygens (including phenoxy) is 1. The van der Waals surface area contributed by atoms with Crippen LogP contribution in [0.4, 0.5) is 5.69 Å². The number of para-hydroxylation sites is 2. The highest BCUT2D eigenvalue weighted by molar-refractivity contribution is 7.92. The van der Waals surface area contributed by atoms with E-state index in [1.54, 1.807) is 36.4 Å². The SMILES string of the molecule is CCOc1ccccc1N(CC(=O)NCc1cccc(CN2CCCC2=O)c1)S(=O)(=O)c1ccc(C)cc1. The van der Waals surface area contributed by atoms with Crippen LogP contribution in [0.15, 0.2) is 77.7 Å². The second kappa shape index (κ2) is 12.1. The Morgan fingerprint density at radius 3 is 2.47 bits per heavy atom. The molecule has 1 aliphatic rings. The molecule has 9 heteroatoms. The van der Waals surface area contributed by atoms with E-state index in [4.69, 9.17) is 4.74 Å². The average Bonchev–Trinajstić information content (AvgIpc) is 3.31. The van der Waals surface area contributed by atoms with Crippen molar-refractivity contribution in [3.63, 3.8) is 0 Å². The van der Waals surface area contributed by atoms with Crippen LogP contribution < -0.4 is 14.4 Å². The van der Waals surface area contributed by atoms with Crippen molar-refractivity contribution in [1.82, 2.24) is 10.2 Å². The summed E-state index contributed by atoms with van der Waals surface area (Å²) in [7, 11) is -4.06. The lowest BCUT2D eigenvalue weighted by Crippen LogP contribution is -2.41. The molecule has 1 fully saturated rings. The number of likely N-dealkylation sites (tertiary alicyclic amines) is 1. The molecular weight excluding hydrogens is 502 g/mol. The third-order valence-corrected chi connectivity index (χ3v) is 8.13. The Morgan fingerprint density at radius 1 is 1.03 bits per heavy atom. The predicted octanol–water partition coefficient (Wildman–Crippen LogP) is 4.03. The minimum absolute atomic E-state index is 0.0892. The zero-order valence-electron chi connectivity index (χ0n) is 21.7. The molecule has 200 valence electrons. The van der Waals surface area contributed by atoms with Gasteiger partial charge in [0, 0.05) is 26.1 Å². The molecule has 1 aliphatic heterocycles. The van der Waals surface area contributed by atoms with Crippen LogP contribution >= 0.6 is 0 Å². The predicted molar refractivity (Wildman–Crippen MR) is 146 cm³/mol.